The number of hydrogen-bond donors (Lipinski definition) is 0. The normalized spacial score (nSPS) is 11.8. The first-order chi connectivity index (χ1) is 10.0. The first-order valence-corrected chi connectivity index (χ1v) is 6.93. The third kappa shape index (κ3) is 4.86. The zero-order valence-corrected chi connectivity index (χ0v) is 13.1. The van der Waals surface area contributed by atoms with Gasteiger partial charge in [-0.25, -0.2) is 0 Å². The van der Waals surface area contributed by atoms with Crippen molar-refractivity contribution >= 4 is 11.9 Å². The SMILES string of the molecule is COCCN(CC(C)C(=O)OC)C(=O)c1ccccc1C. The molecule has 0 aliphatic rings. The van der Waals surface area contributed by atoms with Gasteiger partial charge in [0.1, 0.15) is 0 Å². The Morgan fingerprint density at radius 3 is 2.48 bits per heavy atom. The lowest BCUT2D eigenvalue weighted by atomic mass is 10.1. The van der Waals surface area contributed by atoms with Gasteiger partial charge in [-0.2, -0.15) is 0 Å². The number of benzene rings is 1. The second-order valence-corrected chi connectivity index (χ2v) is 4.98. The predicted octanol–water partition coefficient (Wildman–Crippen LogP) is 1.89. The van der Waals surface area contributed by atoms with Crippen molar-refractivity contribution < 1.29 is 19.1 Å². The van der Waals surface area contributed by atoms with Crippen molar-refractivity contribution in [1.82, 2.24) is 4.90 Å². The van der Waals surface area contributed by atoms with E-state index in [-0.39, 0.29) is 17.8 Å². The molecule has 1 amide bonds. The number of nitrogens with zero attached hydrogens (tertiary/aromatic N) is 1. The van der Waals surface area contributed by atoms with Crippen molar-refractivity contribution in [3.8, 4) is 0 Å². The van der Waals surface area contributed by atoms with Crippen molar-refractivity contribution in [1.29, 1.82) is 0 Å². The molecule has 1 rings (SSSR count). The summed E-state index contributed by atoms with van der Waals surface area (Å²) < 4.78 is 9.77. The van der Waals surface area contributed by atoms with Crippen LogP contribution in [0.5, 0.6) is 0 Å². The molecular formula is C16H23NO4. The van der Waals surface area contributed by atoms with Crippen LogP contribution in [-0.4, -0.2) is 50.7 Å². The molecule has 0 radical (unpaired) electrons. The highest BCUT2D eigenvalue weighted by molar-refractivity contribution is 5.95. The number of hydrogen-bond acceptors (Lipinski definition) is 4. The quantitative estimate of drug-likeness (QED) is 0.720. The Bertz CT molecular complexity index is 487. The second kappa shape index (κ2) is 8.42. The Balaban J connectivity index is 2.89. The highest BCUT2D eigenvalue weighted by Crippen LogP contribution is 2.12. The number of ether oxygens (including phenoxy) is 2. The van der Waals surface area contributed by atoms with E-state index in [9.17, 15) is 9.59 Å². The van der Waals surface area contributed by atoms with Crippen molar-refractivity contribution in [2.45, 2.75) is 13.8 Å². The van der Waals surface area contributed by atoms with Crippen LogP contribution in [0.15, 0.2) is 24.3 Å². The van der Waals surface area contributed by atoms with Gasteiger partial charge in [-0.15, -0.1) is 0 Å². The van der Waals surface area contributed by atoms with E-state index >= 15 is 0 Å². The highest BCUT2D eigenvalue weighted by atomic mass is 16.5. The van der Waals surface area contributed by atoms with Gasteiger partial charge >= 0.3 is 5.97 Å². The fourth-order valence-electron chi connectivity index (χ4n) is 2.07. The van der Waals surface area contributed by atoms with Crippen LogP contribution in [0.25, 0.3) is 0 Å². The number of methoxy groups -OCH3 is 2. The van der Waals surface area contributed by atoms with Gasteiger partial charge in [0.15, 0.2) is 0 Å². The Labute approximate surface area is 125 Å². The summed E-state index contributed by atoms with van der Waals surface area (Å²) in [5, 5.41) is 0. The molecule has 0 saturated heterocycles. The molecule has 0 aliphatic carbocycles. The van der Waals surface area contributed by atoms with Gasteiger partial charge in [0, 0.05) is 25.8 Å². The van der Waals surface area contributed by atoms with Crippen LogP contribution in [0, 0.1) is 12.8 Å². The molecule has 0 bridgehead atoms. The monoisotopic (exact) mass is 293 g/mol. The number of esters is 1. The summed E-state index contributed by atoms with van der Waals surface area (Å²) in [4.78, 5) is 25.8. The zero-order chi connectivity index (χ0) is 15.8. The minimum Gasteiger partial charge on any atom is -0.469 e. The van der Waals surface area contributed by atoms with Crippen LogP contribution in [0.1, 0.15) is 22.8 Å². The topological polar surface area (TPSA) is 55.8 Å². The third-order valence-electron chi connectivity index (χ3n) is 3.33. The van der Waals surface area contributed by atoms with Gasteiger partial charge in [-0.1, -0.05) is 25.1 Å². The summed E-state index contributed by atoms with van der Waals surface area (Å²) >= 11 is 0. The molecule has 1 unspecified atom stereocenters. The molecule has 1 aromatic rings. The molecule has 0 spiro atoms. The Hall–Kier alpha value is -1.88. The number of aryl methyl sites for hydroxylation is 1. The molecule has 0 saturated carbocycles. The van der Waals surface area contributed by atoms with Crippen LogP contribution < -0.4 is 0 Å². The van der Waals surface area contributed by atoms with Crippen LogP contribution >= 0.6 is 0 Å². The summed E-state index contributed by atoms with van der Waals surface area (Å²) in [7, 11) is 2.93. The van der Waals surface area contributed by atoms with Crippen molar-refractivity contribution in [2.75, 3.05) is 33.9 Å². The fourth-order valence-corrected chi connectivity index (χ4v) is 2.07. The molecular weight excluding hydrogens is 270 g/mol. The summed E-state index contributed by atoms with van der Waals surface area (Å²) in [6.45, 7) is 4.81. The van der Waals surface area contributed by atoms with Crippen molar-refractivity contribution in [3.63, 3.8) is 0 Å². The molecule has 1 atom stereocenters. The first-order valence-electron chi connectivity index (χ1n) is 6.93. The van der Waals surface area contributed by atoms with Gasteiger partial charge in [-0.3, -0.25) is 9.59 Å². The number of carbonyl (C=O) groups is 2. The Morgan fingerprint density at radius 2 is 1.90 bits per heavy atom. The van der Waals surface area contributed by atoms with E-state index < -0.39 is 0 Å². The van der Waals surface area contributed by atoms with Crippen molar-refractivity contribution in [3.05, 3.63) is 35.4 Å². The first kappa shape index (κ1) is 17.2. The molecule has 21 heavy (non-hydrogen) atoms. The minimum atomic E-state index is -0.375. The Kier molecular flexibility index (Phi) is 6.88. The van der Waals surface area contributed by atoms with Crippen LogP contribution in [0.2, 0.25) is 0 Å². The van der Waals surface area contributed by atoms with Gasteiger partial charge in [0.25, 0.3) is 5.91 Å². The molecule has 1 aromatic carbocycles. The smallest absolute Gasteiger partial charge is 0.310 e. The van der Waals surface area contributed by atoms with Gasteiger partial charge < -0.3 is 14.4 Å². The number of carbonyl (C=O) groups excluding carboxylic acids is 2. The fraction of sp³-hybridized carbons (Fsp3) is 0.500. The maximum Gasteiger partial charge on any atom is 0.310 e. The van der Waals surface area contributed by atoms with Crippen LogP contribution in [0.4, 0.5) is 0 Å². The number of amides is 1. The van der Waals surface area contributed by atoms with Gasteiger partial charge in [0.2, 0.25) is 0 Å². The molecule has 0 heterocycles. The highest BCUT2D eigenvalue weighted by Gasteiger charge is 2.23. The molecule has 116 valence electrons. The maximum atomic E-state index is 12.6. The van der Waals surface area contributed by atoms with Crippen LogP contribution in [-0.2, 0) is 14.3 Å². The van der Waals surface area contributed by atoms with E-state index in [0.29, 0.717) is 25.3 Å². The van der Waals surface area contributed by atoms with Gasteiger partial charge in [0.05, 0.1) is 19.6 Å². The zero-order valence-electron chi connectivity index (χ0n) is 13.1. The predicted molar refractivity (Wildman–Crippen MR) is 80.1 cm³/mol. The summed E-state index contributed by atoms with van der Waals surface area (Å²) in [5.74, 6) is -0.796. The molecule has 0 fully saturated rings. The van der Waals surface area contributed by atoms with Crippen LogP contribution in [0.3, 0.4) is 0 Å². The average molecular weight is 293 g/mol. The standard InChI is InChI=1S/C16H23NO4/c1-12-7-5-6-8-14(12)15(18)17(9-10-20-3)11-13(2)16(19)21-4/h5-8,13H,9-11H2,1-4H3. The molecule has 0 aromatic heterocycles. The minimum absolute atomic E-state index is 0.0964. The lowest BCUT2D eigenvalue weighted by Gasteiger charge is -2.25. The summed E-state index contributed by atoms with van der Waals surface area (Å²) in [6, 6.07) is 7.41. The molecule has 5 nitrogen and oxygen atoms in total. The summed E-state index contributed by atoms with van der Waals surface area (Å²) in [5.41, 5.74) is 1.56. The summed E-state index contributed by atoms with van der Waals surface area (Å²) in [6.07, 6.45) is 0. The van der Waals surface area contributed by atoms with E-state index in [1.165, 1.54) is 7.11 Å². The Morgan fingerprint density at radius 1 is 1.24 bits per heavy atom. The van der Waals surface area contributed by atoms with E-state index in [1.54, 1.807) is 25.0 Å². The largest absolute Gasteiger partial charge is 0.469 e. The molecule has 5 heteroatoms. The van der Waals surface area contributed by atoms with Gasteiger partial charge in [-0.05, 0) is 18.6 Å². The molecule has 0 aliphatic heterocycles. The van der Waals surface area contributed by atoms with E-state index in [0.717, 1.165) is 5.56 Å². The van der Waals surface area contributed by atoms with E-state index in [4.69, 9.17) is 9.47 Å². The lowest BCUT2D eigenvalue weighted by Crippen LogP contribution is -2.39. The van der Waals surface area contributed by atoms with E-state index in [2.05, 4.69) is 0 Å². The average Bonchev–Trinajstić information content (AvgIpc) is 2.50. The van der Waals surface area contributed by atoms with Crippen molar-refractivity contribution in [2.24, 2.45) is 5.92 Å². The third-order valence-corrected chi connectivity index (χ3v) is 3.33. The second-order valence-electron chi connectivity index (χ2n) is 4.98. The molecule has 0 N–H and O–H groups in total. The lowest BCUT2D eigenvalue weighted by molar-refractivity contribution is -0.145. The number of rotatable bonds is 7. The van der Waals surface area contributed by atoms with E-state index in [1.807, 2.05) is 25.1 Å². The maximum absolute atomic E-state index is 12.6.